The van der Waals surface area contributed by atoms with Crippen LogP contribution in [0.5, 0.6) is 0 Å². The number of carbonyl (C=O) groups is 1. The fourth-order valence-corrected chi connectivity index (χ4v) is 1.35. The van der Waals surface area contributed by atoms with E-state index in [0.717, 1.165) is 13.2 Å². The van der Waals surface area contributed by atoms with Gasteiger partial charge >= 0.3 is 5.97 Å². The Balaban J connectivity index is 3.37. The van der Waals surface area contributed by atoms with E-state index in [-0.39, 0.29) is 0 Å². The Morgan fingerprint density at radius 2 is 2.07 bits per heavy atom. The van der Waals surface area contributed by atoms with E-state index in [0.29, 0.717) is 6.07 Å². The number of halogens is 2. The highest BCUT2D eigenvalue weighted by Gasteiger charge is 2.19. The molecule has 0 spiro atoms. The maximum absolute atomic E-state index is 13.0. The standard InChI is InChI=1S/C8H6F2O4S/c1-14-8(11)5-2-4(15(12)13)3-6(9)7(5)10/h2-3H,1H3,(H,12,13). The number of carbonyl (C=O) groups excluding carboxylic acids is 1. The van der Waals surface area contributed by atoms with Crippen LogP contribution < -0.4 is 0 Å². The van der Waals surface area contributed by atoms with Crippen molar-refractivity contribution in [2.75, 3.05) is 7.11 Å². The summed E-state index contributed by atoms with van der Waals surface area (Å²) in [6.45, 7) is 0. The van der Waals surface area contributed by atoms with E-state index in [1.165, 1.54) is 0 Å². The topological polar surface area (TPSA) is 63.6 Å². The van der Waals surface area contributed by atoms with Crippen molar-refractivity contribution in [2.45, 2.75) is 4.90 Å². The van der Waals surface area contributed by atoms with Gasteiger partial charge in [0, 0.05) is 0 Å². The van der Waals surface area contributed by atoms with E-state index in [4.69, 9.17) is 4.55 Å². The fraction of sp³-hybridized carbons (Fsp3) is 0.125. The number of esters is 1. The summed E-state index contributed by atoms with van der Waals surface area (Å²) in [4.78, 5) is 10.5. The van der Waals surface area contributed by atoms with Gasteiger partial charge in [0.05, 0.1) is 17.6 Å². The number of rotatable bonds is 2. The largest absolute Gasteiger partial charge is 0.465 e. The predicted octanol–water partition coefficient (Wildman–Crippen LogP) is 1.33. The Kier molecular flexibility index (Phi) is 3.48. The van der Waals surface area contributed by atoms with Crippen molar-refractivity contribution in [3.63, 3.8) is 0 Å². The monoisotopic (exact) mass is 236 g/mol. The summed E-state index contributed by atoms with van der Waals surface area (Å²) < 4.78 is 49.3. The molecule has 0 aromatic heterocycles. The van der Waals surface area contributed by atoms with Crippen molar-refractivity contribution in [1.29, 1.82) is 0 Å². The second kappa shape index (κ2) is 4.45. The molecule has 1 rings (SSSR count). The number of benzene rings is 1. The quantitative estimate of drug-likeness (QED) is 0.621. The van der Waals surface area contributed by atoms with Crippen molar-refractivity contribution < 1.29 is 27.1 Å². The van der Waals surface area contributed by atoms with Crippen LogP contribution in [0.15, 0.2) is 17.0 Å². The van der Waals surface area contributed by atoms with E-state index in [1.807, 2.05) is 0 Å². The van der Waals surface area contributed by atoms with Crippen LogP contribution in [0.2, 0.25) is 0 Å². The minimum absolute atomic E-state index is 0.408. The molecule has 0 bridgehead atoms. The molecule has 0 saturated heterocycles. The Labute approximate surface area is 86.1 Å². The molecule has 0 aliphatic rings. The maximum Gasteiger partial charge on any atom is 0.341 e. The third kappa shape index (κ3) is 2.37. The molecule has 82 valence electrons. The van der Waals surface area contributed by atoms with Crippen LogP contribution >= 0.6 is 0 Å². The van der Waals surface area contributed by atoms with Crippen molar-refractivity contribution in [3.8, 4) is 0 Å². The second-order valence-corrected chi connectivity index (χ2v) is 3.48. The molecule has 0 aliphatic carbocycles. The molecule has 1 aromatic rings. The van der Waals surface area contributed by atoms with Gasteiger partial charge in [0.1, 0.15) is 0 Å². The van der Waals surface area contributed by atoms with E-state index < -0.39 is 39.1 Å². The minimum Gasteiger partial charge on any atom is -0.465 e. The average molecular weight is 236 g/mol. The van der Waals surface area contributed by atoms with Crippen LogP contribution in [0.1, 0.15) is 10.4 Å². The SMILES string of the molecule is COC(=O)c1cc(S(=O)O)cc(F)c1F. The number of hydrogen-bond acceptors (Lipinski definition) is 3. The molecule has 1 unspecified atom stereocenters. The third-order valence-electron chi connectivity index (χ3n) is 1.61. The zero-order chi connectivity index (χ0) is 11.6. The smallest absolute Gasteiger partial charge is 0.341 e. The van der Waals surface area contributed by atoms with Gasteiger partial charge in [-0.15, -0.1) is 0 Å². The Morgan fingerprint density at radius 3 is 2.53 bits per heavy atom. The number of hydrogen-bond donors (Lipinski definition) is 1. The van der Waals surface area contributed by atoms with E-state index in [1.54, 1.807) is 0 Å². The molecule has 0 aliphatic heterocycles. The number of methoxy groups -OCH3 is 1. The Bertz CT molecular complexity index is 433. The average Bonchev–Trinajstić information content (AvgIpc) is 2.20. The van der Waals surface area contributed by atoms with Gasteiger partial charge in [-0.2, -0.15) is 0 Å². The molecular formula is C8H6F2O4S. The molecule has 0 radical (unpaired) electrons. The lowest BCUT2D eigenvalue weighted by Crippen LogP contribution is -2.07. The molecule has 1 aromatic carbocycles. The molecular weight excluding hydrogens is 230 g/mol. The minimum atomic E-state index is -2.49. The summed E-state index contributed by atoms with van der Waals surface area (Å²) in [5.41, 5.74) is -0.713. The molecule has 0 fully saturated rings. The van der Waals surface area contributed by atoms with Crippen LogP contribution in [-0.4, -0.2) is 21.8 Å². The summed E-state index contributed by atoms with van der Waals surface area (Å²) in [6, 6.07) is 1.30. The van der Waals surface area contributed by atoms with Gasteiger partial charge in [-0.25, -0.2) is 17.8 Å². The van der Waals surface area contributed by atoms with Gasteiger partial charge in [0.25, 0.3) is 0 Å². The molecule has 0 heterocycles. The van der Waals surface area contributed by atoms with E-state index >= 15 is 0 Å². The first-order valence-corrected chi connectivity index (χ1v) is 4.76. The van der Waals surface area contributed by atoms with Gasteiger partial charge in [-0.05, 0) is 12.1 Å². The van der Waals surface area contributed by atoms with Crippen LogP contribution in [0.3, 0.4) is 0 Å². The lowest BCUT2D eigenvalue weighted by molar-refractivity contribution is 0.0594. The molecule has 0 saturated carbocycles. The lowest BCUT2D eigenvalue weighted by atomic mass is 10.2. The van der Waals surface area contributed by atoms with Crippen molar-refractivity contribution >= 4 is 17.0 Å². The first-order valence-electron chi connectivity index (χ1n) is 3.65. The zero-order valence-electron chi connectivity index (χ0n) is 7.49. The fourth-order valence-electron chi connectivity index (χ4n) is 0.924. The molecule has 1 N–H and O–H groups in total. The summed E-state index contributed by atoms with van der Waals surface area (Å²) >= 11 is -2.49. The van der Waals surface area contributed by atoms with Crippen LogP contribution in [0.25, 0.3) is 0 Å². The van der Waals surface area contributed by atoms with Crippen LogP contribution in [0, 0.1) is 11.6 Å². The summed E-state index contributed by atoms with van der Waals surface area (Å²) in [5, 5.41) is 0. The van der Waals surface area contributed by atoms with E-state index in [2.05, 4.69) is 4.74 Å². The van der Waals surface area contributed by atoms with Gasteiger partial charge in [0.15, 0.2) is 22.7 Å². The van der Waals surface area contributed by atoms with Crippen molar-refractivity contribution in [1.82, 2.24) is 0 Å². The van der Waals surface area contributed by atoms with Crippen LogP contribution in [-0.2, 0) is 15.8 Å². The normalized spacial score (nSPS) is 12.3. The Hall–Kier alpha value is -1.34. The summed E-state index contributed by atoms with van der Waals surface area (Å²) in [7, 11) is 0.988. The first-order chi connectivity index (χ1) is 6.97. The van der Waals surface area contributed by atoms with E-state index in [9.17, 15) is 17.8 Å². The molecule has 4 nitrogen and oxygen atoms in total. The van der Waals surface area contributed by atoms with Gasteiger partial charge in [-0.3, -0.25) is 0 Å². The third-order valence-corrected chi connectivity index (χ3v) is 2.25. The Morgan fingerprint density at radius 1 is 1.47 bits per heavy atom. The maximum atomic E-state index is 13.0. The lowest BCUT2D eigenvalue weighted by Gasteiger charge is -2.03. The van der Waals surface area contributed by atoms with Gasteiger partial charge < -0.3 is 9.29 Å². The van der Waals surface area contributed by atoms with Gasteiger partial charge in [-0.1, -0.05) is 0 Å². The zero-order valence-corrected chi connectivity index (χ0v) is 8.31. The predicted molar refractivity (Wildman–Crippen MR) is 46.7 cm³/mol. The first kappa shape index (κ1) is 11.7. The van der Waals surface area contributed by atoms with Crippen molar-refractivity contribution in [3.05, 3.63) is 29.3 Å². The molecule has 7 heteroatoms. The van der Waals surface area contributed by atoms with Crippen LogP contribution in [0.4, 0.5) is 8.78 Å². The number of ether oxygens (including phenoxy) is 1. The van der Waals surface area contributed by atoms with Crippen molar-refractivity contribution in [2.24, 2.45) is 0 Å². The summed E-state index contributed by atoms with van der Waals surface area (Å²) in [6.07, 6.45) is 0. The molecule has 15 heavy (non-hydrogen) atoms. The summed E-state index contributed by atoms with van der Waals surface area (Å²) in [5.74, 6) is -3.90. The second-order valence-electron chi connectivity index (χ2n) is 2.51. The highest BCUT2D eigenvalue weighted by Crippen LogP contribution is 2.17. The molecule has 0 amide bonds. The highest BCUT2D eigenvalue weighted by atomic mass is 32.2. The molecule has 1 atom stereocenters. The van der Waals surface area contributed by atoms with Gasteiger partial charge in [0.2, 0.25) is 0 Å². The highest BCUT2D eigenvalue weighted by molar-refractivity contribution is 7.79.